The maximum Gasteiger partial charge on any atom is 0.272 e. The van der Waals surface area contributed by atoms with E-state index in [4.69, 9.17) is 0 Å². The van der Waals surface area contributed by atoms with E-state index in [1.54, 1.807) is 0 Å². The molecule has 0 unspecified atom stereocenters. The molecule has 0 aliphatic heterocycles. The van der Waals surface area contributed by atoms with Crippen LogP contribution in [0, 0.1) is 5.92 Å². The third kappa shape index (κ3) is 4.53. The Morgan fingerprint density at radius 1 is 1.37 bits per heavy atom. The normalized spacial score (nSPS) is 12.0. The lowest BCUT2D eigenvalue weighted by Gasteiger charge is -2.18. The van der Waals surface area contributed by atoms with Gasteiger partial charge in [-0.15, -0.1) is 0 Å². The number of nitrogens with one attached hydrogen (secondary N) is 3. The summed E-state index contributed by atoms with van der Waals surface area (Å²) >= 11 is 0. The molecule has 0 fully saturated rings. The van der Waals surface area contributed by atoms with Gasteiger partial charge in [0.1, 0.15) is 11.7 Å². The van der Waals surface area contributed by atoms with Crippen LogP contribution in [0.25, 0.3) is 0 Å². The minimum absolute atomic E-state index is 0.0669. The standard InChI is InChI=1S/C12H18N4O3/c1-7(2)6-9(11(18)13-3)14-12(19)8-4-5-10(17)16-15-8/h4-5,7,9H,6H2,1-3H3,(H,13,18)(H,14,19)(H,16,17)/t9-/m0/s1. The minimum Gasteiger partial charge on any atom is -0.357 e. The topological polar surface area (TPSA) is 104 Å². The Bertz CT molecular complexity index is 489. The Morgan fingerprint density at radius 3 is 2.53 bits per heavy atom. The molecule has 104 valence electrons. The summed E-state index contributed by atoms with van der Waals surface area (Å²) in [4.78, 5) is 34.4. The molecule has 0 aromatic carbocycles. The van der Waals surface area contributed by atoms with Crippen molar-refractivity contribution >= 4 is 11.8 Å². The van der Waals surface area contributed by atoms with Gasteiger partial charge in [0.2, 0.25) is 5.91 Å². The first-order valence-electron chi connectivity index (χ1n) is 6.02. The lowest BCUT2D eigenvalue weighted by atomic mass is 10.0. The molecule has 0 aliphatic carbocycles. The molecule has 0 saturated carbocycles. The van der Waals surface area contributed by atoms with Gasteiger partial charge < -0.3 is 10.6 Å². The van der Waals surface area contributed by atoms with Crippen LogP contribution in [-0.4, -0.2) is 35.1 Å². The second-order valence-corrected chi connectivity index (χ2v) is 4.58. The van der Waals surface area contributed by atoms with E-state index in [9.17, 15) is 14.4 Å². The van der Waals surface area contributed by atoms with Gasteiger partial charge in [0.05, 0.1) is 0 Å². The summed E-state index contributed by atoms with van der Waals surface area (Å²) in [6.07, 6.45) is 0.523. The molecule has 2 amide bonds. The van der Waals surface area contributed by atoms with Crippen molar-refractivity contribution in [2.45, 2.75) is 26.3 Å². The number of hydrogen-bond acceptors (Lipinski definition) is 4. The monoisotopic (exact) mass is 266 g/mol. The summed E-state index contributed by atoms with van der Waals surface area (Å²) in [5, 5.41) is 10.9. The summed E-state index contributed by atoms with van der Waals surface area (Å²) < 4.78 is 0. The first-order chi connectivity index (χ1) is 8.93. The van der Waals surface area contributed by atoms with Crippen LogP contribution in [-0.2, 0) is 4.79 Å². The highest BCUT2D eigenvalue weighted by molar-refractivity contribution is 5.95. The summed E-state index contributed by atoms with van der Waals surface area (Å²) in [5.74, 6) is -0.497. The molecular weight excluding hydrogens is 248 g/mol. The van der Waals surface area contributed by atoms with E-state index < -0.39 is 11.9 Å². The number of aromatic amines is 1. The molecule has 7 heteroatoms. The predicted molar refractivity (Wildman–Crippen MR) is 69.6 cm³/mol. The van der Waals surface area contributed by atoms with Crippen molar-refractivity contribution in [1.82, 2.24) is 20.8 Å². The lowest BCUT2D eigenvalue weighted by molar-refractivity contribution is -0.122. The molecule has 0 radical (unpaired) electrons. The highest BCUT2D eigenvalue weighted by atomic mass is 16.2. The minimum atomic E-state index is -0.619. The summed E-state index contributed by atoms with van der Waals surface area (Å²) in [6, 6.07) is 1.90. The zero-order chi connectivity index (χ0) is 14.4. The van der Waals surface area contributed by atoms with E-state index in [-0.39, 0.29) is 23.1 Å². The van der Waals surface area contributed by atoms with Gasteiger partial charge in [0.25, 0.3) is 11.5 Å². The smallest absolute Gasteiger partial charge is 0.272 e. The zero-order valence-electron chi connectivity index (χ0n) is 11.2. The number of carbonyl (C=O) groups is 2. The Morgan fingerprint density at radius 2 is 2.05 bits per heavy atom. The van der Waals surface area contributed by atoms with Gasteiger partial charge >= 0.3 is 0 Å². The van der Waals surface area contributed by atoms with Gasteiger partial charge in [-0.1, -0.05) is 13.8 Å². The van der Waals surface area contributed by atoms with Crippen LogP contribution in [0.5, 0.6) is 0 Å². The van der Waals surface area contributed by atoms with Gasteiger partial charge in [-0.25, -0.2) is 5.10 Å². The molecular formula is C12H18N4O3. The van der Waals surface area contributed by atoms with Crippen LogP contribution in [0.4, 0.5) is 0 Å². The van der Waals surface area contributed by atoms with Gasteiger partial charge in [-0.2, -0.15) is 5.10 Å². The van der Waals surface area contributed by atoms with Gasteiger partial charge in [-0.05, 0) is 18.4 Å². The number of H-pyrrole nitrogens is 1. The Labute approximate surface area is 110 Å². The van der Waals surface area contributed by atoms with Crippen molar-refractivity contribution in [3.63, 3.8) is 0 Å². The number of aromatic nitrogens is 2. The Balaban J connectivity index is 2.78. The third-order valence-corrected chi connectivity index (χ3v) is 2.49. The largest absolute Gasteiger partial charge is 0.357 e. The highest BCUT2D eigenvalue weighted by Crippen LogP contribution is 2.05. The number of carbonyl (C=O) groups excluding carboxylic acids is 2. The second-order valence-electron chi connectivity index (χ2n) is 4.58. The third-order valence-electron chi connectivity index (χ3n) is 2.49. The quantitative estimate of drug-likeness (QED) is 0.678. The first kappa shape index (κ1) is 14.9. The van der Waals surface area contributed by atoms with Crippen LogP contribution in [0.15, 0.2) is 16.9 Å². The van der Waals surface area contributed by atoms with Crippen LogP contribution in [0.3, 0.4) is 0 Å². The zero-order valence-corrected chi connectivity index (χ0v) is 11.2. The van der Waals surface area contributed by atoms with Gasteiger partial charge in [0, 0.05) is 13.1 Å². The van der Waals surface area contributed by atoms with Gasteiger partial charge in [-0.3, -0.25) is 14.4 Å². The molecule has 3 N–H and O–H groups in total. The fraction of sp³-hybridized carbons (Fsp3) is 0.500. The molecule has 0 spiro atoms. The predicted octanol–water partition coefficient (Wildman–Crippen LogP) is -0.340. The van der Waals surface area contributed by atoms with Crippen molar-refractivity contribution in [2.75, 3.05) is 7.05 Å². The number of nitrogens with zero attached hydrogens (tertiary/aromatic N) is 1. The lowest BCUT2D eigenvalue weighted by Crippen LogP contribution is -2.46. The average Bonchev–Trinajstić information content (AvgIpc) is 2.37. The molecule has 1 rings (SSSR count). The summed E-state index contributed by atoms with van der Waals surface area (Å²) in [6.45, 7) is 3.92. The van der Waals surface area contributed by atoms with Crippen molar-refractivity contribution in [1.29, 1.82) is 0 Å². The van der Waals surface area contributed by atoms with Crippen LogP contribution in [0.2, 0.25) is 0 Å². The molecule has 1 atom stereocenters. The molecule has 0 bridgehead atoms. The highest BCUT2D eigenvalue weighted by Gasteiger charge is 2.21. The van der Waals surface area contributed by atoms with E-state index in [2.05, 4.69) is 20.8 Å². The van der Waals surface area contributed by atoms with Crippen molar-refractivity contribution in [3.05, 3.63) is 28.2 Å². The molecule has 7 nitrogen and oxygen atoms in total. The molecule has 1 aromatic rings. The summed E-state index contributed by atoms with van der Waals surface area (Å²) in [5.41, 5.74) is -0.321. The van der Waals surface area contributed by atoms with Crippen LogP contribution < -0.4 is 16.2 Å². The van der Waals surface area contributed by atoms with Crippen molar-refractivity contribution in [3.8, 4) is 0 Å². The van der Waals surface area contributed by atoms with Crippen molar-refractivity contribution in [2.24, 2.45) is 5.92 Å². The van der Waals surface area contributed by atoms with Crippen molar-refractivity contribution < 1.29 is 9.59 Å². The van der Waals surface area contributed by atoms with E-state index in [1.165, 1.54) is 19.2 Å². The van der Waals surface area contributed by atoms with E-state index >= 15 is 0 Å². The summed E-state index contributed by atoms with van der Waals surface area (Å²) in [7, 11) is 1.51. The SMILES string of the molecule is CNC(=O)[C@H](CC(C)C)NC(=O)c1ccc(=O)[nH]n1. The van der Waals surface area contributed by atoms with E-state index in [0.29, 0.717) is 6.42 Å². The second kappa shape index (κ2) is 6.67. The van der Waals surface area contributed by atoms with Crippen LogP contribution in [0.1, 0.15) is 30.8 Å². The fourth-order valence-electron chi connectivity index (χ4n) is 1.58. The number of rotatable bonds is 5. The van der Waals surface area contributed by atoms with E-state index in [1.807, 2.05) is 13.8 Å². The number of amides is 2. The van der Waals surface area contributed by atoms with E-state index in [0.717, 1.165) is 0 Å². The Kier molecular flexibility index (Phi) is 5.23. The first-order valence-corrected chi connectivity index (χ1v) is 6.02. The molecule has 0 saturated heterocycles. The molecule has 0 aliphatic rings. The Hall–Kier alpha value is -2.18. The molecule has 19 heavy (non-hydrogen) atoms. The van der Waals surface area contributed by atoms with Crippen LogP contribution >= 0.6 is 0 Å². The maximum absolute atomic E-state index is 11.9. The van der Waals surface area contributed by atoms with Gasteiger partial charge in [0.15, 0.2) is 0 Å². The average molecular weight is 266 g/mol. The molecule has 1 aromatic heterocycles. The fourth-order valence-corrected chi connectivity index (χ4v) is 1.58. The maximum atomic E-state index is 11.9. The molecule has 1 heterocycles. The number of likely N-dealkylation sites (N-methyl/N-ethyl adjacent to an activating group) is 1. The number of hydrogen-bond donors (Lipinski definition) is 3.